The highest BCUT2D eigenvalue weighted by Gasteiger charge is 2.19. The van der Waals surface area contributed by atoms with Gasteiger partial charge in [0.05, 0.1) is 36.8 Å². The van der Waals surface area contributed by atoms with Crippen LogP contribution in [0.5, 0.6) is 17.2 Å². The summed E-state index contributed by atoms with van der Waals surface area (Å²) in [6, 6.07) is 22.7. The molecular weight excluding hydrogens is 398 g/mol. The van der Waals surface area contributed by atoms with E-state index in [1.165, 1.54) is 19.2 Å². The van der Waals surface area contributed by atoms with Crippen molar-refractivity contribution in [1.29, 1.82) is 10.5 Å². The Hall–Kier alpha value is -4.56. The number of nitro benzene ring substituents is 1. The monoisotopic (exact) mass is 417 g/mol. The first kappa shape index (κ1) is 22.7. The van der Waals surface area contributed by atoms with Gasteiger partial charge in [-0.3, -0.25) is 10.1 Å². The molecule has 8 nitrogen and oxygen atoms in total. The second-order valence-electron chi connectivity index (χ2n) is 6.00. The molecule has 0 aliphatic rings. The van der Waals surface area contributed by atoms with Gasteiger partial charge in [0.2, 0.25) is 0 Å². The first-order chi connectivity index (χ1) is 15.0. The quantitative estimate of drug-likeness (QED) is 0.424. The van der Waals surface area contributed by atoms with Gasteiger partial charge in [-0.05, 0) is 29.8 Å². The number of nitro groups is 1. The topological polar surface area (TPSA) is 118 Å². The Bertz CT molecular complexity index is 1100. The van der Waals surface area contributed by atoms with Crippen LogP contribution in [0.4, 0.5) is 5.69 Å². The molecule has 0 aromatic heterocycles. The van der Waals surface area contributed by atoms with Crippen molar-refractivity contribution in [3.8, 4) is 29.4 Å². The third-order valence-corrected chi connectivity index (χ3v) is 4.06. The minimum atomic E-state index is -0.623. The zero-order chi connectivity index (χ0) is 22.6. The Kier molecular flexibility index (Phi) is 8.39. The Balaban J connectivity index is 0.000000285. The summed E-state index contributed by atoms with van der Waals surface area (Å²) in [6.45, 7) is 0.278. The number of hydrogen-bond acceptors (Lipinski definition) is 7. The summed E-state index contributed by atoms with van der Waals surface area (Å²) in [7, 11) is 2.99. The molecule has 31 heavy (non-hydrogen) atoms. The number of methoxy groups -OCH3 is 2. The van der Waals surface area contributed by atoms with Gasteiger partial charge < -0.3 is 14.2 Å². The van der Waals surface area contributed by atoms with Gasteiger partial charge in [-0.15, -0.1) is 0 Å². The molecule has 8 heteroatoms. The molecule has 0 unspecified atom stereocenters. The lowest BCUT2D eigenvalue weighted by Crippen LogP contribution is -2.00. The van der Waals surface area contributed by atoms with E-state index in [-0.39, 0.29) is 23.6 Å². The molecule has 0 bridgehead atoms. The lowest BCUT2D eigenvalue weighted by Gasteiger charge is -2.11. The summed E-state index contributed by atoms with van der Waals surface area (Å²) in [6.07, 6.45) is 0. The summed E-state index contributed by atoms with van der Waals surface area (Å²) >= 11 is 0. The van der Waals surface area contributed by atoms with Gasteiger partial charge in [-0.2, -0.15) is 10.5 Å². The van der Waals surface area contributed by atoms with Crippen molar-refractivity contribution in [2.75, 3.05) is 14.2 Å². The fourth-order valence-corrected chi connectivity index (χ4v) is 2.46. The molecule has 156 valence electrons. The van der Waals surface area contributed by atoms with Gasteiger partial charge in [-0.25, -0.2) is 0 Å². The van der Waals surface area contributed by atoms with E-state index in [4.69, 9.17) is 24.7 Å². The van der Waals surface area contributed by atoms with Crippen LogP contribution in [-0.2, 0) is 6.61 Å². The second kappa shape index (κ2) is 11.4. The van der Waals surface area contributed by atoms with Gasteiger partial charge in [0.1, 0.15) is 24.0 Å². The van der Waals surface area contributed by atoms with Crippen LogP contribution < -0.4 is 14.2 Å². The molecule has 0 N–H and O–H groups in total. The van der Waals surface area contributed by atoms with Crippen molar-refractivity contribution in [1.82, 2.24) is 0 Å². The van der Waals surface area contributed by atoms with E-state index in [1.807, 2.05) is 36.4 Å². The SMILES string of the molecule is COc1cc([N+](=O)[O-])c(C#N)cc1OCc1ccccc1.COc1ccc(C#N)cc1. The Labute approximate surface area is 179 Å². The average molecular weight is 417 g/mol. The lowest BCUT2D eigenvalue weighted by molar-refractivity contribution is -0.385. The Morgan fingerprint density at radius 3 is 2.10 bits per heavy atom. The number of nitrogens with zero attached hydrogens (tertiary/aromatic N) is 3. The van der Waals surface area contributed by atoms with Crippen molar-refractivity contribution < 1.29 is 19.1 Å². The predicted octanol–water partition coefficient (Wildman–Crippen LogP) is 4.62. The standard InChI is InChI=1S/C15H12N2O4.C8H7NO/c1-20-14-8-13(17(18)19)12(9-16)7-15(14)21-10-11-5-3-2-4-6-11;1-10-8-4-2-7(6-9)3-5-8/h2-8H,10H2,1H3;2-5H,1H3. The highest BCUT2D eigenvalue weighted by Crippen LogP contribution is 2.34. The molecule has 0 fully saturated rings. The molecule has 0 heterocycles. The molecule has 0 saturated heterocycles. The van der Waals surface area contributed by atoms with E-state index < -0.39 is 4.92 Å². The van der Waals surface area contributed by atoms with E-state index in [0.29, 0.717) is 11.3 Å². The van der Waals surface area contributed by atoms with Gasteiger partial charge in [0, 0.05) is 6.07 Å². The highest BCUT2D eigenvalue weighted by atomic mass is 16.6. The first-order valence-electron chi connectivity index (χ1n) is 8.99. The number of hydrogen-bond donors (Lipinski definition) is 0. The maximum absolute atomic E-state index is 10.9. The highest BCUT2D eigenvalue weighted by molar-refractivity contribution is 5.58. The van der Waals surface area contributed by atoms with Crippen LogP contribution in [0, 0.1) is 32.8 Å². The van der Waals surface area contributed by atoms with Gasteiger partial charge >= 0.3 is 0 Å². The number of benzene rings is 3. The summed E-state index contributed by atoms with van der Waals surface area (Å²) in [5.41, 5.74) is 1.22. The van der Waals surface area contributed by atoms with E-state index in [9.17, 15) is 10.1 Å². The van der Waals surface area contributed by atoms with Crippen LogP contribution in [0.25, 0.3) is 0 Å². The molecule has 3 rings (SSSR count). The molecule has 0 spiro atoms. The fraction of sp³-hybridized carbons (Fsp3) is 0.130. The van der Waals surface area contributed by atoms with E-state index in [2.05, 4.69) is 0 Å². The van der Waals surface area contributed by atoms with Crippen LogP contribution in [0.2, 0.25) is 0 Å². The van der Waals surface area contributed by atoms with Crippen molar-refractivity contribution in [3.05, 3.63) is 93.5 Å². The minimum absolute atomic E-state index is 0.0659. The first-order valence-corrected chi connectivity index (χ1v) is 8.99. The zero-order valence-corrected chi connectivity index (χ0v) is 16.9. The van der Waals surface area contributed by atoms with Crippen molar-refractivity contribution in [2.45, 2.75) is 6.61 Å². The fourth-order valence-electron chi connectivity index (χ4n) is 2.46. The van der Waals surface area contributed by atoms with Crippen molar-refractivity contribution in [3.63, 3.8) is 0 Å². The van der Waals surface area contributed by atoms with Crippen molar-refractivity contribution >= 4 is 5.69 Å². The molecule has 0 radical (unpaired) electrons. The van der Waals surface area contributed by atoms with Crippen LogP contribution in [-0.4, -0.2) is 19.1 Å². The molecule has 0 aliphatic carbocycles. The zero-order valence-electron chi connectivity index (χ0n) is 16.9. The summed E-state index contributed by atoms with van der Waals surface area (Å²) in [5, 5.41) is 28.3. The number of nitriles is 2. The van der Waals surface area contributed by atoms with E-state index in [0.717, 1.165) is 11.3 Å². The van der Waals surface area contributed by atoms with Crippen LogP contribution in [0.3, 0.4) is 0 Å². The maximum Gasteiger partial charge on any atom is 0.291 e. The predicted molar refractivity (Wildman–Crippen MR) is 113 cm³/mol. The number of ether oxygens (including phenoxy) is 3. The lowest BCUT2D eigenvalue weighted by atomic mass is 10.1. The molecule has 0 saturated carbocycles. The Morgan fingerprint density at radius 2 is 1.58 bits per heavy atom. The third kappa shape index (κ3) is 6.48. The number of rotatable bonds is 6. The van der Waals surface area contributed by atoms with E-state index >= 15 is 0 Å². The van der Waals surface area contributed by atoms with Gasteiger partial charge in [0.15, 0.2) is 11.5 Å². The minimum Gasteiger partial charge on any atom is -0.497 e. The molecule has 3 aromatic rings. The third-order valence-electron chi connectivity index (χ3n) is 4.06. The molecule has 0 aliphatic heterocycles. The average Bonchev–Trinajstić information content (AvgIpc) is 2.83. The van der Waals surface area contributed by atoms with E-state index in [1.54, 1.807) is 37.4 Å². The van der Waals surface area contributed by atoms with Crippen LogP contribution in [0.1, 0.15) is 16.7 Å². The van der Waals surface area contributed by atoms with Crippen LogP contribution >= 0.6 is 0 Å². The largest absolute Gasteiger partial charge is 0.497 e. The van der Waals surface area contributed by atoms with Crippen LogP contribution in [0.15, 0.2) is 66.7 Å². The Morgan fingerprint density at radius 1 is 0.903 bits per heavy atom. The van der Waals surface area contributed by atoms with Gasteiger partial charge in [0.25, 0.3) is 5.69 Å². The molecule has 0 amide bonds. The second-order valence-corrected chi connectivity index (χ2v) is 6.00. The van der Waals surface area contributed by atoms with Gasteiger partial charge in [-0.1, -0.05) is 30.3 Å². The molecular formula is C23H19N3O5. The molecule has 0 atom stereocenters. The smallest absolute Gasteiger partial charge is 0.291 e. The summed E-state index contributed by atoms with van der Waals surface area (Å²) < 4.78 is 15.6. The maximum atomic E-state index is 10.9. The molecule has 3 aromatic carbocycles. The summed E-state index contributed by atoms with van der Waals surface area (Å²) in [4.78, 5) is 10.3. The summed E-state index contributed by atoms with van der Waals surface area (Å²) in [5.74, 6) is 1.29. The van der Waals surface area contributed by atoms with Crippen molar-refractivity contribution in [2.24, 2.45) is 0 Å². The normalized spacial score (nSPS) is 9.29.